The number of ether oxygens (including phenoxy) is 3. The van der Waals surface area contributed by atoms with E-state index >= 15 is 0 Å². The molecule has 0 radical (unpaired) electrons. The highest BCUT2D eigenvalue weighted by atomic mass is 16.7. The number of nitrogens with one attached hydrogen (secondary N) is 1. The van der Waals surface area contributed by atoms with E-state index < -0.39 is 23.7 Å². The Morgan fingerprint density at radius 1 is 1.44 bits per heavy atom. The lowest BCUT2D eigenvalue weighted by molar-refractivity contribution is -0.161. The molecule has 12 heteroatoms. The summed E-state index contributed by atoms with van der Waals surface area (Å²) in [4.78, 5) is 33.7. The largest absolute Gasteiger partial charge is 0.462 e. The van der Waals surface area contributed by atoms with Gasteiger partial charge in [0.15, 0.2) is 11.2 Å². The Kier molecular flexibility index (Phi) is 7.24. The number of aromatic nitrogens is 4. The van der Waals surface area contributed by atoms with Crippen LogP contribution in [0, 0.1) is 5.92 Å². The number of hydrogen-bond acceptors (Lipinski definition) is 10. The molecule has 2 rings (SSSR count). The van der Waals surface area contributed by atoms with Gasteiger partial charge in [-0.1, -0.05) is 13.8 Å². The second-order valence-corrected chi connectivity index (χ2v) is 6.16. The van der Waals surface area contributed by atoms with Gasteiger partial charge in [-0.15, -0.1) is 0 Å². The average Bonchev–Trinajstić information content (AvgIpc) is 3.03. The zero-order valence-corrected chi connectivity index (χ0v) is 15.1. The third kappa shape index (κ3) is 5.47. The number of hydrogen-bond donors (Lipinski definition) is 4. The second-order valence-electron chi connectivity index (χ2n) is 6.16. The van der Waals surface area contributed by atoms with E-state index in [1.54, 1.807) is 13.8 Å². The number of rotatable bonds is 10. The summed E-state index contributed by atoms with van der Waals surface area (Å²) in [5.74, 6) is -0.659. The lowest BCUT2D eigenvalue weighted by Crippen LogP contribution is -2.39. The predicted molar refractivity (Wildman–Crippen MR) is 94.2 cm³/mol. The number of nitrogens with zero attached hydrogens (tertiary/aromatic N) is 3. The van der Waals surface area contributed by atoms with Crippen LogP contribution in [0.1, 0.15) is 13.8 Å². The minimum Gasteiger partial charge on any atom is -0.462 e. The van der Waals surface area contributed by atoms with E-state index in [1.165, 1.54) is 10.9 Å². The van der Waals surface area contributed by atoms with Crippen LogP contribution in [0.5, 0.6) is 0 Å². The molecule has 0 saturated heterocycles. The van der Waals surface area contributed by atoms with Gasteiger partial charge >= 0.3 is 5.97 Å². The maximum atomic E-state index is 11.7. The summed E-state index contributed by atoms with van der Waals surface area (Å²) in [5, 5.41) is 9.29. The molecule has 12 nitrogen and oxygen atoms in total. The van der Waals surface area contributed by atoms with Gasteiger partial charge in [-0.3, -0.25) is 19.1 Å². The molecule has 0 aromatic carbocycles. The number of anilines is 1. The van der Waals surface area contributed by atoms with Crippen molar-refractivity contribution < 1.29 is 24.1 Å². The first-order valence-corrected chi connectivity index (χ1v) is 8.26. The molecule has 0 unspecified atom stereocenters. The molecule has 0 aliphatic carbocycles. The van der Waals surface area contributed by atoms with E-state index in [-0.39, 0.29) is 49.8 Å². The number of aliphatic hydroxyl groups excluding tert-OH is 1. The smallest absolute Gasteiger partial charge is 0.323 e. The first-order valence-electron chi connectivity index (χ1n) is 8.26. The van der Waals surface area contributed by atoms with Crippen LogP contribution < -0.4 is 17.0 Å². The van der Waals surface area contributed by atoms with Gasteiger partial charge in [0, 0.05) is 0 Å². The van der Waals surface area contributed by atoms with Crippen LogP contribution in [0.25, 0.3) is 11.2 Å². The van der Waals surface area contributed by atoms with E-state index in [2.05, 4.69) is 15.0 Å². The summed E-state index contributed by atoms with van der Waals surface area (Å²) in [6.45, 7) is 2.88. The number of esters is 1. The van der Waals surface area contributed by atoms with Gasteiger partial charge < -0.3 is 30.8 Å². The van der Waals surface area contributed by atoms with Crippen molar-refractivity contribution in [3.05, 3.63) is 16.7 Å². The summed E-state index contributed by atoms with van der Waals surface area (Å²) in [7, 11) is 0. The van der Waals surface area contributed by atoms with E-state index in [1.807, 2.05) is 0 Å². The lowest BCUT2D eigenvalue weighted by atomic mass is 10.1. The summed E-state index contributed by atoms with van der Waals surface area (Å²) < 4.78 is 17.1. The van der Waals surface area contributed by atoms with E-state index in [0.717, 1.165) is 0 Å². The van der Waals surface area contributed by atoms with Gasteiger partial charge in [-0.05, 0) is 5.92 Å². The number of nitrogen functional groups attached to an aromatic ring is 1. The Bertz CT molecular complexity index is 819. The average molecular weight is 384 g/mol. The van der Waals surface area contributed by atoms with Crippen molar-refractivity contribution in [1.82, 2.24) is 19.5 Å². The summed E-state index contributed by atoms with van der Waals surface area (Å²) in [6, 6.07) is -0.738. The molecular formula is C15H24N6O6. The van der Waals surface area contributed by atoms with Crippen molar-refractivity contribution in [2.75, 3.05) is 25.7 Å². The standard InChI is InChI=1S/C15H24N6O6/c1-8(2)10(16)14(24)26-4-9(3-22)27-7-25-6-21-5-18-11-12(21)19-15(17)20-13(11)23/h5,8-10,22H,3-4,6-7,16H2,1-2H3,(H3,17,19,20,23)/t9-,10+/m1/s1. The quantitative estimate of drug-likeness (QED) is 0.215. The van der Waals surface area contributed by atoms with Crippen LogP contribution >= 0.6 is 0 Å². The number of carbonyl (C=O) groups excluding carboxylic acids is 1. The second kappa shape index (κ2) is 9.41. The molecule has 0 spiro atoms. The maximum Gasteiger partial charge on any atom is 0.323 e. The van der Waals surface area contributed by atoms with Crippen molar-refractivity contribution in [3.8, 4) is 0 Å². The van der Waals surface area contributed by atoms with Crippen LogP contribution in [0.3, 0.4) is 0 Å². The van der Waals surface area contributed by atoms with Gasteiger partial charge in [0.25, 0.3) is 5.56 Å². The van der Waals surface area contributed by atoms with E-state index in [0.29, 0.717) is 0 Å². The fraction of sp³-hybridized carbons (Fsp3) is 0.600. The number of fused-ring (bicyclic) bond motifs is 1. The normalized spacial score (nSPS) is 13.8. The minimum absolute atomic E-state index is 0.0114. The summed E-state index contributed by atoms with van der Waals surface area (Å²) in [6.07, 6.45) is 0.620. The first kappa shape index (κ1) is 20.8. The molecular weight excluding hydrogens is 360 g/mol. The fourth-order valence-electron chi connectivity index (χ4n) is 2.04. The monoisotopic (exact) mass is 384 g/mol. The molecule has 150 valence electrons. The number of imidazole rings is 1. The number of nitrogens with two attached hydrogens (primary N) is 2. The van der Waals surface area contributed by atoms with Crippen LogP contribution in [-0.4, -0.2) is 62.7 Å². The molecule has 0 aliphatic rings. The lowest BCUT2D eigenvalue weighted by Gasteiger charge is -2.18. The van der Waals surface area contributed by atoms with E-state index in [4.69, 9.17) is 25.7 Å². The molecule has 2 atom stereocenters. The van der Waals surface area contributed by atoms with Gasteiger partial charge in [-0.2, -0.15) is 4.98 Å². The molecule has 0 fully saturated rings. The molecule has 2 aromatic heterocycles. The van der Waals surface area contributed by atoms with Crippen molar-refractivity contribution in [2.45, 2.75) is 32.7 Å². The highest BCUT2D eigenvalue weighted by Gasteiger charge is 2.20. The fourth-order valence-corrected chi connectivity index (χ4v) is 2.04. The Morgan fingerprint density at radius 2 is 2.19 bits per heavy atom. The topological polar surface area (TPSA) is 181 Å². The molecule has 0 amide bonds. The minimum atomic E-state index is -0.760. The van der Waals surface area contributed by atoms with E-state index in [9.17, 15) is 14.7 Å². The van der Waals surface area contributed by atoms with Crippen molar-refractivity contribution >= 4 is 23.1 Å². The highest BCUT2D eigenvalue weighted by Crippen LogP contribution is 2.07. The number of aromatic amines is 1. The SMILES string of the molecule is CC(C)[C@H](N)C(=O)OC[C@@H](CO)OCOCn1cnc2c(=O)[nH]c(N)nc21. The van der Waals surface area contributed by atoms with Crippen LogP contribution in [0.4, 0.5) is 5.95 Å². The molecule has 0 bridgehead atoms. The first-order chi connectivity index (χ1) is 12.8. The van der Waals surface area contributed by atoms with Gasteiger partial charge in [0.1, 0.15) is 32.3 Å². The molecule has 6 N–H and O–H groups in total. The molecule has 2 aromatic rings. The number of H-pyrrole nitrogens is 1. The van der Waals surface area contributed by atoms with Crippen molar-refractivity contribution in [1.29, 1.82) is 0 Å². The predicted octanol–water partition coefficient (Wildman–Crippen LogP) is -1.46. The van der Waals surface area contributed by atoms with Crippen LogP contribution in [0.2, 0.25) is 0 Å². The Morgan fingerprint density at radius 3 is 2.85 bits per heavy atom. The van der Waals surface area contributed by atoms with Gasteiger partial charge in [-0.25, -0.2) is 4.98 Å². The zero-order valence-electron chi connectivity index (χ0n) is 15.1. The van der Waals surface area contributed by atoms with Crippen molar-refractivity contribution in [3.63, 3.8) is 0 Å². The third-order valence-electron chi connectivity index (χ3n) is 3.72. The summed E-state index contributed by atoms with van der Waals surface area (Å²) >= 11 is 0. The van der Waals surface area contributed by atoms with Crippen molar-refractivity contribution in [2.24, 2.45) is 11.7 Å². The summed E-state index contributed by atoms with van der Waals surface area (Å²) in [5.41, 5.74) is 11.1. The van der Waals surface area contributed by atoms with Gasteiger partial charge in [0.05, 0.1) is 12.9 Å². The number of carbonyl (C=O) groups is 1. The molecule has 2 heterocycles. The Hall–Kier alpha value is -2.54. The Labute approximate surface area is 154 Å². The molecule has 0 aliphatic heterocycles. The molecule has 27 heavy (non-hydrogen) atoms. The van der Waals surface area contributed by atoms with Crippen LogP contribution in [-0.2, 0) is 25.7 Å². The number of aliphatic hydroxyl groups is 1. The third-order valence-corrected chi connectivity index (χ3v) is 3.72. The maximum absolute atomic E-state index is 11.7. The Balaban J connectivity index is 1.80. The highest BCUT2D eigenvalue weighted by molar-refractivity contribution is 5.75. The van der Waals surface area contributed by atoms with Gasteiger partial charge in [0.2, 0.25) is 5.95 Å². The molecule has 0 saturated carbocycles. The zero-order chi connectivity index (χ0) is 20.0. The van der Waals surface area contributed by atoms with Crippen LogP contribution in [0.15, 0.2) is 11.1 Å².